The third kappa shape index (κ3) is 6.23. The zero-order chi connectivity index (χ0) is 25.3. The van der Waals surface area contributed by atoms with E-state index in [1.165, 1.54) is 47.9 Å². The molecule has 0 saturated carbocycles. The van der Waals surface area contributed by atoms with Crippen molar-refractivity contribution < 1.29 is 0 Å². The van der Waals surface area contributed by atoms with Crippen LogP contribution >= 0.6 is 0 Å². The number of hydrogen-bond donors (Lipinski definition) is 2. The maximum Gasteiger partial charge on any atom is 0.0384 e. The Bertz CT molecular complexity index is 1350. The minimum absolute atomic E-state index is 0.674. The largest absolute Gasteiger partial charge is 0.398 e. The van der Waals surface area contributed by atoms with Crippen LogP contribution in [0.4, 0.5) is 11.4 Å². The van der Waals surface area contributed by atoms with Gasteiger partial charge in [0.1, 0.15) is 0 Å². The van der Waals surface area contributed by atoms with Crippen molar-refractivity contribution >= 4 is 11.4 Å². The maximum atomic E-state index is 6.35. The van der Waals surface area contributed by atoms with E-state index in [4.69, 9.17) is 5.73 Å². The Balaban J connectivity index is 0.00000148. The molecule has 1 aliphatic rings. The number of nitrogens with two attached hydrogens (primary N) is 1. The summed E-state index contributed by atoms with van der Waals surface area (Å²) in [5.41, 5.74) is 17.9. The summed E-state index contributed by atoms with van der Waals surface area (Å²) in [5, 5.41) is 3.50. The fourth-order valence-corrected chi connectivity index (χ4v) is 4.80. The summed E-state index contributed by atoms with van der Waals surface area (Å²) < 4.78 is 0. The lowest BCUT2D eigenvalue weighted by molar-refractivity contribution is 0.686. The van der Waals surface area contributed by atoms with Crippen molar-refractivity contribution in [3.05, 3.63) is 125 Å². The van der Waals surface area contributed by atoms with Gasteiger partial charge in [0.25, 0.3) is 0 Å². The van der Waals surface area contributed by atoms with Crippen LogP contribution in [0.2, 0.25) is 0 Å². The number of allylic oxidation sites excluding steroid dienone is 1. The molecule has 4 aromatic rings. The first-order chi connectivity index (χ1) is 17.6. The smallest absolute Gasteiger partial charge is 0.0384 e. The van der Waals surface area contributed by atoms with Gasteiger partial charge in [-0.3, -0.25) is 4.98 Å². The summed E-state index contributed by atoms with van der Waals surface area (Å²) in [4.78, 5) is 4.50. The van der Waals surface area contributed by atoms with E-state index in [1.54, 1.807) is 0 Å². The highest BCUT2D eigenvalue weighted by molar-refractivity contribution is 5.68. The van der Waals surface area contributed by atoms with Gasteiger partial charge in [-0.25, -0.2) is 0 Å². The molecule has 3 aromatic carbocycles. The highest BCUT2D eigenvalue weighted by Crippen LogP contribution is 2.28. The topological polar surface area (TPSA) is 50.9 Å². The Hall–Kier alpha value is -4.29. The molecule has 3 heteroatoms. The monoisotopic (exact) mass is 471 g/mol. The molecule has 1 aliphatic carbocycles. The van der Waals surface area contributed by atoms with Gasteiger partial charge in [0.05, 0.1) is 0 Å². The number of nitrogens with zero attached hydrogens (tertiary/aromatic N) is 1. The Morgan fingerprint density at radius 3 is 2.42 bits per heavy atom. The highest BCUT2D eigenvalue weighted by Gasteiger charge is 2.11. The molecule has 0 fully saturated rings. The summed E-state index contributed by atoms with van der Waals surface area (Å²) >= 11 is 0. The number of pyridine rings is 1. The summed E-state index contributed by atoms with van der Waals surface area (Å²) in [5.74, 6) is 0. The lowest BCUT2D eigenvalue weighted by Crippen LogP contribution is -2.07. The molecule has 1 aromatic heterocycles. The lowest BCUT2D eigenvalue weighted by atomic mass is 9.91. The second-order valence-electron chi connectivity index (χ2n) is 9.25. The number of aromatic nitrogens is 1. The Morgan fingerprint density at radius 2 is 1.61 bits per heavy atom. The summed E-state index contributed by atoms with van der Waals surface area (Å²) in [7, 11) is 0. The number of aryl methyl sites for hydroxylation is 2. The van der Waals surface area contributed by atoms with Crippen molar-refractivity contribution in [2.75, 3.05) is 11.1 Å². The van der Waals surface area contributed by atoms with Gasteiger partial charge >= 0.3 is 0 Å². The van der Waals surface area contributed by atoms with E-state index in [1.807, 2.05) is 24.5 Å². The van der Waals surface area contributed by atoms with Crippen molar-refractivity contribution in [1.82, 2.24) is 4.98 Å². The number of benzene rings is 3. The van der Waals surface area contributed by atoms with Crippen LogP contribution in [0.1, 0.15) is 40.7 Å². The van der Waals surface area contributed by atoms with E-state index in [2.05, 4.69) is 90.4 Å². The molecule has 0 spiro atoms. The van der Waals surface area contributed by atoms with Crippen LogP contribution in [-0.2, 0) is 25.7 Å². The molecule has 36 heavy (non-hydrogen) atoms. The molecule has 0 aliphatic heterocycles. The quantitative estimate of drug-likeness (QED) is 0.221. The third-order valence-electron chi connectivity index (χ3n) is 6.60. The maximum absolute atomic E-state index is 6.35. The Kier molecular flexibility index (Phi) is 8.21. The molecular weight excluding hydrogens is 438 g/mol. The highest BCUT2D eigenvalue weighted by atomic mass is 14.9. The van der Waals surface area contributed by atoms with Crippen molar-refractivity contribution in [3.63, 3.8) is 0 Å². The normalized spacial score (nSPS) is 12.1. The van der Waals surface area contributed by atoms with Crippen molar-refractivity contribution in [3.8, 4) is 24.0 Å². The first-order valence-corrected chi connectivity index (χ1v) is 12.4. The van der Waals surface area contributed by atoms with Crippen LogP contribution in [0.15, 0.2) is 97.5 Å². The van der Waals surface area contributed by atoms with E-state index in [0.29, 0.717) is 6.42 Å². The van der Waals surface area contributed by atoms with E-state index in [9.17, 15) is 0 Å². The number of terminal acetylenes is 1. The number of fused-ring (bicyclic) bond motifs is 1. The molecule has 0 amide bonds. The van der Waals surface area contributed by atoms with Gasteiger partial charge in [-0.1, -0.05) is 49.0 Å². The SMILES string of the molecule is C#C.C=C(Cc1cc(-c2cncc(Cc3ccccc3)c2)ccc1N)Nc1ccc2c(c1)CCCC2. The summed E-state index contributed by atoms with van der Waals surface area (Å²) in [6.45, 7) is 4.28. The zero-order valence-corrected chi connectivity index (χ0v) is 20.7. The van der Waals surface area contributed by atoms with Crippen molar-refractivity contribution in [2.45, 2.75) is 38.5 Å². The molecule has 3 nitrogen and oxygen atoms in total. The molecule has 0 saturated heterocycles. The number of hydrogen-bond acceptors (Lipinski definition) is 3. The average molecular weight is 472 g/mol. The molecular formula is C33H33N3. The predicted octanol–water partition coefficient (Wildman–Crippen LogP) is 7.22. The minimum atomic E-state index is 0.674. The van der Waals surface area contributed by atoms with Crippen molar-refractivity contribution in [1.29, 1.82) is 0 Å². The number of anilines is 2. The van der Waals surface area contributed by atoms with Crippen LogP contribution in [-0.4, -0.2) is 4.98 Å². The van der Waals surface area contributed by atoms with Gasteiger partial charge in [-0.2, -0.15) is 0 Å². The van der Waals surface area contributed by atoms with Gasteiger partial charge in [-0.05, 0) is 95.8 Å². The molecule has 1 heterocycles. The van der Waals surface area contributed by atoms with Gasteiger partial charge in [-0.15, -0.1) is 12.8 Å². The number of rotatable bonds is 7. The van der Waals surface area contributed by atoms with E-state index in [-0.39, 0.29) is 0 Å². The molecule has 180 valence electrons. The second kappa shape index (κ2) is 11.9. The zero-order valence-electron chi connectivity index (χ0n) is 20.7. The molecule has 0 atom stereocenters. The Labute approximate surface area is 215 Å². The fourth-order valence-electron chi connectivity index (χ4n) is 4.80. The average Bonchev–Trinajstić information content (AvgIpc) is 2.92. The van der Waals surface area contributed by atoms with Gasteiger partial charge in [0, 0.05) is 41.4 Å². The number of nitrogens with one attached hydrogen (secondary N) is 1. The van der Waals surface area contributed by atoms with Crippen LogP contribution < -0.4 is 11.1 Å². The number of nitrogen functional groups attached to an aromatic ring is 1. The summed E-state index contributed by atoms with van der Waals surface area (Å²) in [6, 6.07) is 25.6. The molecule has 5 rings (SSSR count). The van der Waals surface area contributed by atoms with Gasteiger partial charge in [0.2, 0.25) is 0 Å². The predicted molar refractivity (Wildman–Crippen MR) is 153 cm³/mol. The molecule has 0 radical (unpaired) electrons. The van der Waals surface area contributed by atoms with E-state index in [0.717, 1.165) is 40.2 Å². The Morgan fingerprint density at radius 1 is 0.833 bits per heavy atom. The lowest BCUT2D eigenvalue weighted by Gasteiger charge is -2.18. The second-order valence-corrected chi connectivity index (χ2v) is 9.25. The van der Waals surface area contributed by atoms with Crippen LogP contribution in [0.25, 0.3) is 11.1 Å². The fraction of sp³-hybridized carbons (Fsp3) is 0.182. The van der Waals surface area contributed by atoms with E-state index < -0.39 is 0 Å². The third-order valence-corrected chi connectivity index (χ3v) is 6.60. The first-order valence-electron chi connectivity index (χ1n) is 12.4. The van der Waals surface area contributed by atoms with Gasteiger partial charge < -0.3 is 11.1 Å². The first kappa shape index (κ1) is 24.8. The molecule has 3 N–H and O–H groups in total. The molecule has 0 bridgehead atoms. The van der Waals surface area contributed by atoms with Crippen LogP contribution in [0, 0.1) is 12.8 Å². The van der Waals surface area contributed by atoms with Gasteiger partial charge in [0.15, 0.2) is 0 Å². The minimum Gasteiger partial charge on any atom is -0.398 e. The summed E-state index contributed by atoms with van der Waals surface area (Å²) in [6.07, 6.45) is 18.3. The molecule has 0 unspecified atom stereocenters. The standard InChI is InChI=1S/C31H31N3.C2H2/c1-22(34-30-13-11-25-9-5-6-10-26(25)19-30)15-28-18-27(12-14-31(28)32)29-17-24(20-33-21-29)16-23-7-3-2-4-8-23;1-2/h2-4,7-8,11-14,17-21,34H,1,5-6,9-10,15-16,32H2;1-2H. The van der Waals surface area contributed by atoms with Crippen molar-refractivity contribution in [2.24, 2.45) is 0 Å². The van der Waals surface area contributed by atoms with Crippen LogP contribution in [0.3, 0.4) is 0 Å². The van der Waals surface area contributed by atoms with E-state index >= 15 is 0 Å². The van der Waals surface area contributed by atoms with Crippen LogP contribution in [0.5, 0.6) is 0 Å².